The summed E-state index contributed by atoms with van der Waals surface area (Å²) in [4.78, 5) is 37.3. The van der Waals surface area contributed by atoms with Crippen LogP contribution in [0.5, 0.6) is 0 Å². The minimum absolute atomic E-state index is 0.189. The second kappa shape index (κ2) is 6.50. The standard InChI is InChI=1S/C18H23N5O4/c1-18(9-24,10-25)16(26)22-6-2-3-11(8-22)23-14-12-4-5-19-15(12)20-7-13(14)21-17(23)27/h4-5,7,11,24-25H,2-3,6,8-10H2,1H3,(H,19,20)(H,21,27)/t11-/m1/s1. The highest BCUT2D eigenvalue weighted by Gasteiger charge is 2.38. The van der Waals surface area contributed by atoms with Crippen molar-refractivity contribution in [3.63, 3.8) is 0 Å². The molecule has 1 aliphatic heterocycles. The van der Waals surface area contributed by atoms with Gasteiger partial charge in [0.15, 0.2) is 0 Å². The normalized spacial score (nSPS) is 18.5. The highest BCUT2D eigenvalue weighted by atomic mass is 16.3. The molecule has 1 fully saturated rings. The summed E-state index contributed by atoms with van der Waals surface area (Å²) >= 11 is 0. The van der Waals surface area contributed by atoms with Gasteiger partial charge in [-0.1, -0.05) is 0 Å². The van der Waals surface area contributed by atoms with E-state index >= 15 is 0 Å². The minimum atomic E-state index is -1.22. The Morgan fingerprint density at radius 1 is 1.41 bits per heavy atom. The van der Waals surface area contributed by atoms with Gasteiger partial charge in [-0.15, -0.1) is 0 Å². The van der Waals surface area contributed by atoms with Crippen LogP contribution >= 0.6 is 0 Å². The molecule has 1 atom stereocenters. The number of aromatic nitrogens is 4. The van der Waals surface area contributed by atoms with Crippen molar-refractivity contribution in [2.24, 2.45) is 5.41 Å². The number of nitrogens with one attached hydrogen (secondary N) is 2. The van der Waals surface area contributed by atoms with Crippen molar-refractivity contribution in [1.29, 1.82) is 0 Å². The average molecular weight is 373 g/mol. The van der Waals surface area contributed by atoms with Gasteiger partial charge < -0.3 is 25.1 Å². The summed E-state index contributed by atoms with van der Waals surface area (Å²) in [5.41, 5.74) is 0.688. The number of fused-ring (bicyclic) bond motifs is 3. The third kappa shape index (κ3) is 2.74. The number of carbonyl (C=O) groups excluding carboxylic acids is 1. The minimum Gasteiger partial charge on any atom is -0.395 e. The van der Waals surface area contributed by atoms with E-state index in [9.17, 15) is 19.8 Å². The molecule has 0 saturated carbocycles. The first kappa shape index (κ1) is 17.7. The molecule has 0 radical (unpaired) electrons. The van der Waals surface area contributed by atoms with Crippen molar-refractivity contribution in [2.75, 3.05) is 26.3 Å². The van der Waals surface area contributed by atoms with Gasteiger partial charge in [0.1, 0.15) is 5.65 Å². The van der Waals surface area contributed by atoms with Crippen molar-refractivity contribution in [3.8, 4) is 0 Å². The zero-order chi connectivity index (χ0) is 19.2. The van der Waals surface area contributed by atoms with Crippen LogP contribution in [-0.4, -0.2) is 66.8 Å². The number of amides is 1. The molecule has 0 spiro atoms. The third-order valence-electron chi connectivity index (χ3n) is 5.52. The maximum Gasteiger partial charge on any atom is 0.326 e. The van der Waals surface area contributed by atoms with Crippen molar-refractivity contribution in [2.45, 2.75) is 25.8 Å². The van der Waals surface area contributed by atoms with E-state index in [0.717, 1.165) is 23.7 Å². The number of nitrogens with zero attached hydrogens (tertiary/aromatic N) is 3. The van der Waals surface area contributed by atoms with Crippen LogP contribution in [0.2, 0.25) is 0 Å². The molecule has 4 heterocycles. The topological polar surface area (TPSA) is 127 Å². The van der Waals surface area contributed by atoms with Crippen molar-refractivity contribution in [3.05, 3.63) is 28.9 Å². The molecule has 27 heavy (non-hydrogen) atoms. The Morgan fingerprint density at radius 3 is 2.93 bits per heavy atom. The Morgan fingerprint density at radius 2 is 2.19 bits per heavy atom. The van der Waals surface area contributed by atoms with E-state index in [4.69, 9.17) is 0 Å². The summed E-state index contributed by atoms with van der Waals surface area (Å²) in [6, 6.07) is 1.69. The predicted octanol–water partition coefficient (Wildman–Crippen LogP) is 0.360. The monoisotopic (exact) mass is 373 g/mol. The number of aliphatic hydroxyl groups excluding tert-OH is 2. The lowest BCUT2D eigenvalue weighted by molar-refractivity contribution is -0.148. The van der Waals surface area contributed by atoms with E-state index in [2.05, 4.69) is 15.0 Å². The zero-order valence-electron chi connectivity index (χ0n) is 15.1. The molecule has 9 nitrogen and oxygen atoms in total. The lowest BCUT2D eigenvalue weighted by Gasteiger charge is -2.38. The first-order valence-corrected chi connectivity index (χ1v) is 9.06. The maximum absolute atomic E-state index is 12.8. The van der Waals surface area contributed by atoms with Crippen molar-refractivity contribution in [1.82, 2.24) is 24.4 Å². The number of aromatic amines is 2. The number of aliphatic hydroxyl groups is 2. The molecule has 4 rings (SSSR count). The van der Waals surface area contributed by atoms with E-state index in [1.165, 1.54) is 0 Å². The predicted molar refractivity (Wildman–Crippen MR) is 99.3 cm³/mol. The fourth-order valence-corrected chi connectivity index (χ4v) is 3.89. The number of likely N-dealkylation sites (tertiary alicyclic amines) is 1. The second-order valence-corrected chi connectivity index (χ2v) is 7.48. The molecule has 1 saturated heterocycles. The largest absolute Gasteiger partial charge is 0.395 e. The molecule has 3 aromatic rings. The van der Waals surface area contributed by atoms with Gasteiger partial charge in [0.2, 0.25) is 5.91 Å². The highest BCUT2D eigenvalue weighted by molar-refractivity contribution is 6.01. The SMILES string of the molecule is CC(CO)(CO)C(=O)N1CCC[C@@H](n2c(=O)[nH]c3cnc4[nH]ccc4c32)C1. The molecular formula is C18H23N5O4. The van der Waals surface area contributed by atoms with Crippen LogP contribution in [-0.2, 0) is 4.79 Å². The van der Waals surface area contributed by atoms with Crippen LogP contribution in [0.1, 0.15) is 25.8 Å². The molecule has 9 heteroatoms. The van der Waals surface area contributed by atoms with Crippen LogP contribution in [0, 0.1) is 5.41 Å². The number of pyridine rings is 1. The Kier molecular flexibility index (Phi) is 4.27. The molecule has 1 aliphatic rings. The Balaban J connectivity index is 1.74. The number of hydrogen-bond acceptors (Lipinski definition) is 5. The Bertz CT molecular complexity index is 1050. The molecule has 0 aromatic carbocycles. The molecule has 4 N–H and O–H groups in total. The first-order chi connectivity index (χ1) is 13.0. The van der Waals surface area contributed by atoms with E-state index in [0.29, 0.717) is 24.3 Å². The Labute approximate surface area is 154 Å². The lowest BCUT2D eigenvalue weighted by Crippen LogP contribution is -2.50. The van der Waals surface area contributed by atoms with E-state index in [1.807, 2.05) is 6.07 Å². The van der Waals surface area contributed by atoms with E-state index in [-0.39, 0.29) is 17.6 Å². The number of piperidine rings is 1. The highest BCUT2D eigenvalue weighted by Crippen LogP contribution is 2.29. The van der Waals surface area contributed by atoms with Gasteiger partial charge in [0.05, 0.1) is 41.9 Å². The van der Waals surface area contributed by atoms with Crippen molar-refractivity contribution < 1.29 is 15.0 Å². The molecule has 1 amide bonds. The van der Waals surface area contributed by atoms with Crippen LogP contribution in [0.3, 0.4) is 0 Å². The Hall–Kier alpha value is -2.65. The molecule has 3 aromatic heterocycles. The molecular weight excluding hydrogens is 350 g/mol. The van der Waals surface area contributed by atoms with Gasteiger partial charge in [0, 0.05) is 24.7 Å². The van der Waals surface area contributed by atoms with E-state index in [1.54, 1.807) is 28.8 Å². The molecule has 0 unspecified atom stereocenters. The van der Waals surface area contributed by atoms with Crippen LogP contribution in [0.4, 0.5) is 0 Å². The smallest absolute Gasteiger partial charge is 0.326 e. The summed E-state index contributed by atoms with van der Waals surface area (Å²) in [6.45, 7) is 1.60. The molecule has 144 valence electrons. The fraction of sp³-hybridized carbons (Fsp3) is 0.500. The van der Waals surface area contributed by atoms with Gasteiger partial charge in [-0.3, -0.25) is 9.36 Å². The van der Waals surface area contributed by atoms with Crippen LogP contribution in [0.15, 0.2) is 23.3 Å². The number of H-pyrrole nitrogens is 2. The van der Waals surface area contributed by atoms with Crippen LogP contribution in [0.25, 0.3) is 22.1 Å². The summed E-state index contributed by atoms with van der Waals surface area (Å²) in [7, 11) is 0. The van der Waals surface area contributed by atoms with Crippen LogP contribution < -0.4 is 5.69 Å². The van der Waals surface area contributed by atoms with Crippen molar-refractivity contribution >= 4 is 28.0 Å². The average Bonchev–Trinajstić information content (AvgIpc) is 3.29. The van der Waals surface area contributed by atoms with Gasteiger partial charge in [-0.2, -0.15) is 0 Å². The molecule has 0 bridgehead atoms. The van der Waals surface area contributed by atoms with Gasteiger partial charge in [-0.25, -0.2) is 9.78 Å². The summed E-state index contributed by atoms with van der Waals surface area (Å²) in [5.74, 6) is -0.293. The number of imidazole rings is 1. The summed E-state index contributed by atoms with van der Waals surface area (Å²) < 4.78 is 1.71. The first-order valence-electron chi connectivity index (χ1n) is 9.06. The fourth-order valence-electron chi connectivity index (χ4n) is 3.89. The molecule has 0 aliphatic carbocycles. The zero-order valence-corrected chi connectivity index (χ0v) is 15.1. The lowest BCUT2D eigenvalue weighted by atomic mass is 9.89. The van der Waals surface area contributed by atoms with Gasteiger partial charge in [-0.05, 0) is 25.8 Å². The number of rotatable bonds is 4. The maximum atomic E-state index is 12.8. The quantitative estimate of drug-likeness (QED) is 0.525. The third-order valence-corrected chi connectivity index (χ3v) is 5.52. The second-order valence-electron chi connectivity index (χ2n) is 7.48. The number of carbonyl (C=O) groups is 1. The number of hydrogen-bond donors (Lipinski definition) is 4. The summed E-state index contributed by atoms with van der Waals surface area (Å²) in [5, 5.41) is 19.9. The van der Waals surface area contributed by atoms with Gasteiger partial charge in [0.25, 0.3) is 0 Å². The van der Waals surface area contributed by atoms with E-state index < -0.39 is 18.6 Å². The summed E-state index contributed by atoms with van der Waals surface area (Å²) in [6.07, 6.45) is 4.92. The van der Waals surface area contributed by atoms with Gasteiger partial charge >= 0.3 is 5.69 Å².